The molecule has 0 spiro atoms. The van der Waals surface area contributed by atoms with Crippen molar-refractivity contribution < 1.29 is 9.47 Å². The summed E-state index contributed by atoms with van der Waals surface area (Å²) in [5.74, 6) is 1.11. The van der Waals surface area contributed by atoms with E-state index in [1.54, 1.807) is 6.26 Å². The van der Waals surface area contributed by atoms with E-state index < -0.39 is 6.29 Å². The topological polar surface area (TPSA) is 21.7 Å². The van der Waals surface area contributed by atoms with Crippen LogP contribution < -0.4 is 0 Å². The molecule has 0 bridgehead atoms. The second-order valence-electron chi connectivity index (χ2n) is 6.52. The maximum atomic E-state index is 6.27. The normalized spacial score (nSPS) is 25.2. The summed E-state index contributed by atoms with van der Waals surface area (Å²) in [6.07, 6.45) is 2.30. The van der Waals surface area contributed by atoms with Gasteiger partial charge in [0.1, 0.15) is 12.0 Å². The second-order valence-corrected chi connectivity index (χ2v) is 6.93. The molecule has 0 N–H and O–H groups in total. The predicted octanol–water partition coefficient (Wildman–Crippen LogP) is 5.02. The molecule has 2 aliphatic rings. The monoisotopic (exact) mass is 341 g/mol. The van der Waals surface area contributed by atoms with E-state index in [2.05, 4.69) is 43.3 Å². The molecule has 1 aliphatic carbocycles. The molecule has 0 saturated heterocycles. The molecule has 1 aliphatic heterocycles. The SMILES string of the molecule is CN(C)C1CC(C2=COC(c3ccccc3Cl)O2)c2ccccc21. The van der Waals surface area contributed by atoms with Gasteiger partial charge in [0.25, 0.3) is 6.29 Å². The molecular weight excluding hydrogens is 322 g/mol. The lowest BCUT2D eigenvalue weighted by atomic mass is 10.00. The van der Waals surface area contributed by atoms with Crippen molar-refractivity contribution in [1.82, 2.24) is 4.90 Å². The van der Waals surface area contributed by atoms with Gasteiger partial charge in [0.15, 0.2) is 0 Å². The van der Waals surface area contributed by atoms with E-state index in [0.717, 1.165) is 17.7 Å². The number of nitrogens with zero attached hydrogens (tertiary/aromatic N) is 1. The predicted molar refractivity (Wildman–Crippen MR) is 94.7 cm³/mol. The standard InChI is InChI=1S/C20H20ClNO2/c1-22(2)18-11-16(13-7-3-4-8-14(13)18)19-12-23-20(24-19)15-9-5-6-10-17(15)21/h3-10,12,16,18,20H,11H2,1-2H3. The minimum Gasteiger partial charge on any atom is -0.455 e. The molecule has 24 heavy (non-hydrogen) atoms. The average molecular weight is 342 g/mol. The van der Waals surface area contributed by atoms with Crippen molar-refractivity contribution in [2.24, 2.45) is 0 Å². The molecular formula is C20H20ClNO2. The summed E-state index contributed by atoms with van der Waals surface area (Å²) in [4.78, 5) is 2.26. The highest BCUT2D eigenvalue weighted by molar-refractivity contribution is 6.31. The van der Waals surface area contributed by atoms with Crippen molar-refractivity contribution in [3.8, 4) is 0 Å². The van der Waals surface area contributed by atoms with Crippen molar-refractivity contribution in [1.29, 1.82) is 0 Å². The zero-order valence-electron chi connectivity index (χ0n) is 13.8. The maximum absolute atomic E-state index is 6.27. The van der Waals surface area contributed by atoms with Gasteiger partial charge in [-0.25, -0.2) is 0 Å². The Bertz CT molecular complexity index is 787. The van der Waals surface area contributed by atoms with Crippen LogP contribution in [0, 0.1) is 0 Å². The van der Waals surface area contributed by atoms with Gasteiger partial charge in [0.05, 0.1) is 10.6 Å². The number of fused-ring (bicyclic) bond motifs is 1. The molecule has 4 rings (SSSR count). The molecule has 0 aromatic heterocycles. The van der Waals surface area contributed by atoms with E-state index in [9.17, 15) is 0 Å². The van der Waals surface area contributed by atoms with E-state index in [1.807, 2.05) is 24.3 Å². The van der Waals surface area contributed by atoms with Gasteiger partial charge in [-0.2, -0.15) is 0 Å². The molecule has 0 fully saturated rings. The van der Waals surface area contributed by atoms with E-state index in [-0.39, 0.29) is 5.92 Å². The molecule has 4 heteroatoms. The van der Waals surface area contributed by atoms with Crippen LogP contribution in [0.3, 0.4) is 0 Å². The Hall–Kier alpha value is -1.97. The summed E-state index contributed by atoms with van der Waals surface area (Å²) in [5, 5.41) is 0.662. The lowest BCUT2D eigenvalue weighted by molar-refractivity contribution is -0.0373. The quantitative estimate of drug-likeness (QED) is 0.782. The Balaban J connectivity index is 1.59. The van der Waals surface area contributed by atoms with Gasteiger partial charge in [-0.3, -0.25) is 0 Å². The first-order valence-electron chi connectivity index (χ1n) is 8.17. The molecule has 3 nitrogen and oxygen atoms in total. The fourth-order valence-electron chi connectivity index (χ4n) is 3.64. The van der Waals surface area contributed by atoms with Crippen molar-refractivity contribution in [2.45, 2.75) is 24.7 Å². The largest absolute Gasteiger partial charge is 0.455 e. The maximum Gasteiger partial charge on any atom is 0.268 e. The van der Waals surface area contributed by atoms with Gasteiger partial charge in [0.2, 0.25) is 0 Å². The van der Waals surface area contributed by atoms with E-state index in [0.29, 0.717) is 11.1 Å². The van der Waals surface area contributed by atoms with Crippen LogP contribution >= 0.6 is 11.6 Å². The number of allylic oxidation sites excluding steroid dienone is 1. The number of benzene rings is 2. The van der Waals surface area contributed by atoms with E-state index in [4.69, 9.17) is 21.1 Å². The fraction of sp³-hybridized carbons (Fsp3) is 0.300. The lowest BCUT2D eigenvalue weighted by Gasteiger charge is -2.20. The number of hydrogen-bond acceptors (Lipinski definition) is 3. The molecule has 2 aromatic rings. The first kappa shape index (κ1) is 15.6. The average Bonchev–Trinajstić information content (AvgIpc) is 3.19. The van der Waals surface area contributed by atoms with Gasteiger partial charge in [-0.15, -0.1) is 0 Å². The third-order valence-corrected chi connectivity index (χ3v) is 5.21. The Morgan fingerprint density at radius 2 is 1.62 bits per heavy atom. The minimum absolute atomic E-state index is 0.223. The summed E-state index contributed by atoms with van der Waals surface area (Å²) in [5.41, 5.74) is 3.56. The van der Waals surface area contributed by atoms with Crippen LogP contribution in [-0.2, 0) is 9.47 Å². The highest BCUT2D eigenvalue weighted by Gasteiger charge is 2.38. The molecule has 3 unspecified atom stereocenters. The smallest absolute Gasteiger partial charge is 0.268 e. The summed E-state index contributed by atoms with van der Waals surface area (Å²) < 4.78 is 11.9. The van der Waals surface area contributed by atoms with Crippen LogP contribution in [0.15, 0.2) is 60.6 Å². The van der Waals surface area contributed by atoms with E-state index in [1.165, 1.54) is 11.1 Å². The van der Waals surface area contributed by atoms with Crippen LogP contribution in [0.4, 0.5) is 0 Å². The van der Waals surface area contributed by atoms with Gasteiger partial charge < -0.3 is 14.4 Å². The Morgan fingerprint density at radius 1 is 0.958 bits per heavy atom. The number of rotatable bonds is 3. The molecule has 0 saturated carbocycles. The fourth-order valence-corrected chi connectivity index (χ4v) is 3.87. The summed E-state index contributed by atoms with van der Waals surface area (Å²) in [6, 6.07) is 16.6. The molecule has 3 atom stereocenters. The minimum atomic E-state index is -0.459. The van der Waals surface area contributed by atoms with Crippen LogP contribution in [-0.4, -0.2) is 19.0 Å². The zero-order chi connectivity index (χ0) is 16.7. The van der Waals surface area contributed by atoms with Crippen LogP contribution in [0.1, 0.15) is 41.4 Å². The Labute approximate surface area is 147 Å². The van der Waals surface area contributed by atoms with Crippen LogP contribution in [0.2, 0.25) is 5.02 Å². The Kier molecular flexibility index (Phi) is 3.99. The number of halogens is 1. The zero-order valence-corrected chi connectivity index (χ0v) is 14.5. The molecule has 2 aromatic carbocycles. The third-order valence-electron chi connectivity index (χ3n) is 4.87. The highest BCUT2D eigenvalue weighted by atomic mass is 35.5. The molecule has 0 amide bonds. The lowest BCUT2D eigenvalue weighted by Crippen LogP contribution is -2.17. The van der Waals surface area contributed by atoms with Gasteiger partial charge in [-0.05, 0) is 37.7 Å². The van der Waals surface area contributed by atoms with Crippen molar-refractivity contribution in [3.05, 3.63) is 82.3 Å². The summed E-state index contributed by atoms with van der Waals surface area (Å²) >= 11 is 6.27. The van der Waals surface area contributed by atoms with E-state index >= 15 is 0 Å². The van der Waals surface area contributed by atoms with Crippen LogP contribution in [0.25, 0.3) is 0 Å². The highest BCUT2D eigenvalue weighted by Crippen LogP contribution is 2.49. The van der Waals surface area contributed by atoms with Crippen molar-refractivity contribution in [3.63, 3.8) is 0 Å². The van der Waals surface area contributed by atoms with Crippen molar-refractivity contribution in [2.75, 3.05) is 14.1 Å². The van der Waals surface area contributed by atoms with Gasteiger partial charge >= 0.3 is 0 Å². The molecule has 1 heterocycles. The Morgan fingerprint density at radius 3 is 2.33 bits per heavy atom. The summed E-state index contributed by atoms with van der Waals surface area (Å²) in [6.45, 7) is 0. The van der Waals surface area contributed by atoms with Gasteiger partial charge in [-0.1, -0.05) is 54.1 Å². The van der Waals surface area contributed by atoms with Crippen LogP contribution in [0.5, 0.6) is 0 Å². The first-order valence-corrected chi connectivity index (χ1v) is 8.55. The first-order chi connectivity index (χ1) is 11.6. The molecule has 124 valence electrons. The summed E-state index contributed by atoms with van der Waals surface area (Å²) in [7, 11) is 4.24. The van der Waals surface area contributed by atoms with Crippen molar-refractivity contribution >= 4 is 11.6 Å². The van der Waals surface area contributed by atoms with Gasteiger partial charge in [0, 0.05) is 12.0 Å². The second kappa shape index (κ2) is 6.15. The number of ether oxygens (including phenoxy) is 2. The number of hydrogen-bond donors (Lipinski definition) is 0. The molecule has 0 radical (unpaired) electrons. The third kappa shape index (κ3) is 2.58.